The Morgan fingerprint density at radius 3 is 1.73 bits per heavy atom. The van der Waals surface area contributed by atoms with Crippen LogP contribution < -0.4 is 0 Å². The van der Waals surface area contributed by atoms with Gasteiger partial charge in [0.15, 0.2) is 0 Å². The summed E-state index contributed by atoms with van der Waals surface area (Å²) in [5.41, 5.74) is 0. The summed E-state index contributed by atoms with van der Waals surface area (Å²) >= 11 is 0. The fraction of sp³-hybridized carbons (Fsp3) is 0.909. The molecule has 1 radical (unpaired) electrons. The molecule has 0 saturated carbocycles. The van der Waals surface area contributed by atoms with Crippen molar-refractivity contribution in [1.29, 1.82) is 0 Å². The van der Waals surface area contributed by atoms with Crippen LogP contribution in [0.15, 0.2) is 0 Å². The van der Waals surface area contributed by atoms with Crippen molar-refractivity contribution in [3.8, 4) is 0 Å². The quantitative estimate of drug-likeness (QED) is 0.385. The third kappa shape index (κ3) is 9.69. The van der Waals surface area contributed by atoms with Crippen LogP contribution in [0.25, 0.3) is 0 Å². The Bertz CT molecular complexity index is 130. The molecular formula is C11H22NO3. The van der Waals surface area contributed by atoms with Gasteiger partial charge in [-0.25, -0.2) is 0 Å². The van der Waals surface area contributed by atoms with Crippen molar-refractivity contribution < 1.29 is 14.3 Å². The van der Waals surface area contributed by atoms with E-state index in [1.54, 1.807) is 4.90 Å². The Morgan fingerprint density at radius 2 is 1.40 bits per heavy atom. The highest BCUT2D eigenvalue weighted by molar-refractivity contribution is 5.47. The second-order valence-electron chi connectivity index (χ2n) is 3.30. The van der Waals surface area contributed by atoms with Crippen LogP contribution in [0.5, 0.6) is 0 Å². The molecule has 0 aromatic heterocycles. The third-order valence-electron chi connectivity index (χ3n) is 1.84. The zero-order valence-electron chi connectivity index (χ0n) is 9.83. The Kier molecular flexibility index (Phi) is 11.0. The zero-order chi connectivity index (χ0) is 11.4. The topological polar surface area (TPSA) is 38.8 Å². The van der Waals surface area contributed by atoms with Gasteiger partial charge in [0, 0.05) is 26.3 Å². The van der Waals surface area contributed by atoms with Gasteiger partial charge in [0.2, 0.25) is 0 Å². The molecule has 0 saturated heterocycles. The van der Waals surface area contributed by atoms with Gasteiger partial charge in [-0.2, -0.15) is 0 Å². The molecule has 0 fully saturated rings. The van der Waals surface area contributed by atoms with Gasteiger partial charge >= 0.3 is 6.41 Å². The summed E-state index contributed by atoms with van der Waals surface area (Å²) in [7, 11) is 0. The number of hydrogen-bond donors (Lipinski definition) is 0. The molecule has 0 spiro atoms. The van der Waals surface area contributed by atoms with Gasteiger partial charge in [-0.3, -0.25) is 4.79 Å². The first-order valence-corrected chi connectivity index (χ1v) is 5.63. The average Bonchev–Trinajstić information content (AvgIpc) is 2.27. The second kappa shape index (κ2) is 11.5. The molecule has 4 heteroatoms. The van der Waals surface area contributed by atoms with Gasteiger partial charge < -0.3 is 14.4 Å². The van der Waals surface area contributed by atoms with Crippen molar-refractivity contribution in [2.24, 2.45) is 0 Å². The van der Waals surface area contributed by atoms with E-state index < -0.39 is 0 Å². The lowest BCUT2D eigenvalue weighted by atomic mass is 10.5. The monoisotopic (exact) mass is 216 g/mol. The van der Waals surface area contributed by atoms with Gasteiger partial charge in [-0.1, -0.05) is 13.8 Å². The first kappa shape index (κ1) is 14.4. The van der Waals surface area contributed by atoms with E-state index in [1.165, 1.54) is 0 Å². The SMILES string of the molecule is CCCOCCN([C]=O)CCOCCC. The molecule has 0 N–H and O–H groups in total. The van der Waals surface area contributed by atoms with Crippen molar-refractivity contribution in [3.63, 3.8) is 0 Å². The predicted molar refractivity (Wildman–Crippen MR) is 59.5 cm³/mol. The van der Waals surface area contributed by atoms with Gasteiger partial charge in [0.25, 0.3) is 0 Å². The molecule has 0 bridgehead atoms. The molecular weight excluding hydrogens is 194 g/mol. The standard InChI is InChI=1S/C11H22NO3/c1-3-7-14-9-5-12(11-13)6-10-15-8-4-2/h3-10H2,1-2H3. The minimum absolute atomic E-state index is 0.580. The first-order chi connectivity index (χ1) is 7.35. The maximum absolute atomic E-state index is 10.5. The summed E-state index contributed by atoms with van der Waals surface area (Å²) in [4.78, 5) is 12.1. The summed E-state index contributed by atoms with van der Waals surface area (Å²) in [6.07, 6.45) is 3.89. The van der Waals surface area contributed by atoms with Crippen molar-refractivity contribution in [3.05, 3.63) is 0 Å². The summed E-state index contributed by atoms with van der Waals surface area (Å²) in [5, 5.41) is 0. The summed E-state index contributed by atoms with van der Waals surface area (Å²) in [6.45, 7) is 7.97. The molecule has 4 nitrogen and oxygen atoms in total. The highest BCUT2D eigenvalue weighted by atomic mass is 16.5. The van der Waals surface area contributed by atoms with Crippen LogP contribution in [0.3, 0.4) is 0 Å². The predicted octanol–water partition coefficient (Wildman–Crippen LogP) is 1.21. The number of hydrogen-bond acceptors (Lipinski definition) is 3. The van der Waals surface area contributed by atoms with Gasteiger partial charge in [-0.15, -0.1) is 0 Å². The fourth-order valence-corrected chi connectivity index (χ4v) is 1.05. The lowest BCUT2D eigenvalue weighted by Crippen LogP contribution is -2.29. The minimum Gasteiger partial charge on any atom is -0.380 e. The molecule has 1 amide bonds. The Morgan fingerprint density at radius 1 is 0.933 bits per heavy atom. The molecule has 0 rings (SSSR count). The smallest absolute Gasteiger partial charge is 0.312 e. The van der Waals surface area contributed by atoms with Crippen LogP contribution in [0.1, 0.15) is 26.7 Å². The largest absolute Gasteiger partial charge is 0.380 e. The van der Waals surface area contributed by atoms with E-state index in [-0.39, 0.29) is 0 Å². The highest BCUT2D eigenvalue weighted by Crippen LogP contribution is 1.88. The number of amides is 1. The number of rotatable bonds is 11. The molecule has 0 atom stereocenters. The number of carbonyl (C=O) groups excluding carboxylic acids is 1. The molecule has 0 aliphatic rings. The van der Waals surface area contributed by atoms with Gasteiger partial charge in [0.05, 0.1) is 13.2 Å². The minimum atomic E-state index is 0.580. The maximum Gasteiger partial charge on any atom is 0.312 e. The van der Waals surface area contributed by atoms with E-state index in [2.05, 4.69) is 13.8 Å². The molecule has 0 aromatic carbocycles. The van der Waals surface area contributed by atoms with Crippen molar-refractivity contribution in [1.82, 2.24) is 4.90 Å². The van der Waals surface area contributed by atoms with Crippen LogP contribution in [-0.4, -0.2) is 50.8 Å². The van der Waals surface area contributed by atoms with Crippen LogP contribution >= 0.6 is 0 Å². The van der Waals surface area contributed by atoms with Gasteiger partial charge in [0.1, 0.15) is 0 Å². The van der Waals surface area contributed by atoms with Crippen LogP contribution in [0.4, 0.5) is 0 Å². The Labute approximate surface area is 92.5 Å². The van der Waals surface area contributed by atoms with Crippen LogP contribution in [0.2, 0.25) is 0 Å². The van der Waals surface area contributed by atoms with Gasteiger partial charge in [-0.05, 0) is 12.8 Å². The van der Waals surface area contributed by atoms with Crippen LogP contribution in [0, 0.1) is 0 Å². The molecule has 0 heterocycles. The summed E-state index contributed by atoms with van der Waals surface area (Å²) in [5.74, 6) is 0. The molecule has 0 aliphatic heterocycles. The van der Waals surface area contributed by atoms with E-state index in [0.29, 0.717) is 26.3 Å². The number of nitrogens with zero attached hydrogens (tertiary/aromatic N) is 1. The zero-order valence-corrected chi connectivity index (χ0v) is 9.83. The molecule has 0 unspecified atom stereocenters. The number of ether oxygens (including phenoxy) is 2. The third-order valence-corrected chi connectivity index (χ3v) is 1.84. The van der Waals surface area contributed by atoms with E-state index in [1.807, 2.05) is 6.41 Å². The van der Waals surface area contributed by atoms with E-state index in [4.69, 9.17) is 9.47 Å². The normalized spacial score (nSPS) is 10.3. The second-order valence-corrected chi connectivity index (χ2v) is 3.30. The lowest BCUT2D eigenvalue weighted by Gasteiger charge is -2.15. The highest BCUT2D eigenvalue weighted by Gasteiger charge is 2.01. The first-order valence-electron chi connectivity index (χ1n) is 5.63. The Balaban J connectivity index is 3.34. The maximum atomic E-state index is 10.5. The van der Waals surface area contributed by atoms with E-state index in [0.717, 1.165) is 26.1 Å². The molecule has 15 heavy (non-hydrogen) atoms. The molecule has 0 aromatic rings. The van der Waals surface area contributed by atoms with Crippen LogP contribution in [-0.2, 0) is 14.3 Å². The molecule has 0 aliphatic carbocycles. The molecule has 89 valence electrons. The van der Waals surface area contributed by atoms with Crippen molar-refractivity contribution >= 4 is 6.41 Å². The van der Waals surface area contributed by atoms with E-state index >= 15 is 0 Å². The Hall–Kier alpha value is -0.610. The fourth-order valence-electron chi connectivity index (χ4n) is 1.05. The average molecular weight is 216 g/mol. The van der Waals surface area contributed by atoms with Crippen molar-refractivity contribution in [2.45, 2.75) is 26.7 Å². The van der Waals surface area contributed by atoms with E-state index in [9.17, 15) is 4.79 Å². The lowest BCUT2D eigenvalue weighted by molar-refractivity contribution is 0.0960. The summed E-state index contributed by atoms with van der Waals surface area (Å²) < 4.78 is 10.6. The van der Waals surface area contributed by atoms with Crippen molar-refractivity contribution in [2.75, 3.05) is 39.5 Å². The summed E-state index contributed by atoms with van der Waals surface area (Å²) in [6, 6.07) is 0.